The molecule has 31 heavy (non-hydrogen) atoms. The predicted molar refractivity (Wildman–Crippen MR) is 118 cm³/mol. The molecule has 1 aliphatic heterocycles. The van der Waals surface area contributed by atoms with Gasteiger partial charge in [0.2, 0.25) is 5.91 Å². The molecule has 7 nitrogen and oxygen atoms in total. The summed E-state index contributed by atoms with van der Waals surface area (Å²) in [5.74, 6) is 0.101. The number of carbonyl (C=O) groups excluding carboxylic acids is 2. The molecule has 2 amide bonds. The first kappa shape index (κ1) is 20.7. The number of anilines is 1. The number of aryl methyl sites for hydroxylation is 2. The number of amides is 2. The van der Waals surface area contributed by atoms with Crippen LogP contribution in [0.3, 0.4) is 0 Å². The first-order chi connectivity index (χ1) is 14.8. The molecule has 1 unspecified atom stereocenters. The summed E-state index contributed by atoms with van der Waals surface area (Å²) in [7, 11) is 0. The molecule has 0 aromatic carbocycles. The Bertz CT molecular complexity index is 1140. The number of pyridine rings is 3. The number of aromatic nitrogens is 3. The van der Waals surface area contributed by atoms with Gasteiger partial charge in [-0.05, 0) is 56.2 Å². The van der Waals surface area contributed by atoms with Crippen molar-refractivity contribution < 1.29 is 9.59 Å². The van der Waals surface area contributed by atoms with E-state index in [0.29, 0.717) is 18.1 Å². The van der Waals surface area contributed by atoms with E-state index < -0.39 is 5.41 Å². The Kier molecular flexibility index (Phi) is 5.27. The number of nitrogens with zero attached hydrogens (tertiary/aromatic N) is 3. The Morgan fingerprint density at radius 1 is 1.19 bits per heavy atom. The van der Waals surface area contributed by atoms with Crippen molar-refractivity contribution in [1.29, 1.82) is 0 Å². The zero-order chi connectivity index (χ0) is 22.2. The molecule has 0 radical (unpaired) electrons. The lowest BCUT2D eigenvalue weighted by atomic mass is 9.71. The maximum Gasteiger partial charge on any atom is 0.270 e. The lowest BCUT2D eigenvalue weighted by Crippen LogP contribution is -2.36. The number of carbonyl (C=O) groups is 2. The van der Waals surface area contributed by atoms with Gasteiger partial charge in [-0.15, -0.1) is 0 Å². The maximum absolute atomic E-state index is 12.8. The van der Waals surface area contributed by atoms with Crippen LogP contribution in [0, 0.1) is 13.8 Å². The molecule has 4 heterocycles. The van der Waals surface area contributed by atoms with Crippen LogP contribution in [-0.4, -0.2) is 26.8 Å². The van der Waals surface area contributed by atoms with Crippen molar-refractivity contribution in [1.82, 2.24) is 20.3 Å². The summed E-state index contributed by atoms with van der Waals surface area (Å²) in [5.41, 5.74) is 4.14. The van der Waals surface area contributed by atoms with E-state index in [1.165, 1.54) is 0 Å². The first-order valence-corrected chi connectivity index (χ1v) is 10.2. The zero-order valence-electron chi connectivity index (χ0n) is 18.1. The van der Waals surface area contributed by atoms with Crippen molar-refractivity contribution in [3.63, 3.8) is 0 Å². The molecule has 0 aliphatic carbocycles. The monoisotopic (exact) mass is 415 g/mol. The fourth-order valence-electron chi connectivity index (χ4n) is 4.12. The van der Waals surface area contributed by atoms with Crippen molar-refractivity contribution in [3.05, 3.63) is 82.6 Å². The van der Waals surface area contributed by atoms with E-state index in [9.17, 15) is 9.59 Å². The van der Waals surface area contributed by atoms with Gasteiger partial charge in [-0.25, -0.2) is 4.98 Å². The van der Waals surface area contributed by atoms with Crippen LogP contribution in [0.4, 0.5) is 5.82 Å². The molecule has 3 aromatic rings. The van der Waals surface area contributed by atoms with Crippen molar-refractivity contribution in [3.8, 4) is 0 Å². The molecule has 3 aromatic heterocycles. The number of hydrogen-bond acceptors (Lipinski definition) is 5. The van der Waals surface area contributed by atoms with Gasteiger partial charge in [0.1, 0.15) is 11.5 Å². The Labute approximate surface area is 181 Å². The molecule has 158 valence electrons. The summed E-state index contributed by atoms with van der Waals surface area (Å²) in [4.78, 5) is 38.4. The topological polar surface area (TPSA) is 96.9 Å². The molecule has 0 bridgehead atoms. The summed E-state index contributed by atoms with van der Waals surface area (Å²) in [5, 5.41) is 5.73. The summed E-state index contributed by atoms with van der Waals surface area (Å²) in [6.07, 6.45) is 3.33. The third-order valence-corrected chi connectivity index (χ3v) is 6.04. The molecule has 0 spiro atoms. The summed E-state index contributed by atoms with van der Waals surface area (Å²) < 4.78 is 0. The van der Waals surface area contributed by atoms with Gasteiger partial charge >= 0.3 is 0 Å². The van der Waals surface area contributed by atoms with E-state index in [1.807, 2.05) is 58.0 Å². The second-order valence-electron chi connectivity index (χ2n) is 8.21. The van der Waals surface area contributed by atoms with Gasteiger partial charge in [-0.3, -0.25) is 19.6 Å². The van der Waals surface area contributed by atoms with E-state index in [4.69, 9.17) is 0 Å². The molecular weight excluding hydrogens is 390 g/mol. The molecule has 2 atom stereocenters. The third kappa shape index (κ3) is 3.79. The van der Waals surface area contributed by atoms with Crippen molar-refractivity contribution in [2.75, 3.05) is 5.32 Å². The minimum atomic E-state index is -0.760. The van der Waals surface area contributed by atoms with Crippen LogP contribution < -0.4 is 10.6 Å². The van der Waals surface area contributed by atoms with Crippen molar-refractivity contribution in [2.45, 2.75) is 45.6 Å². The normalized spacial score (nSPS) is 18.3. The Morgan fingerprint density at radius 2 is 2.00 bits per heavy atom. The Hall–Kier alpha value is -3.61. The van der Waals surface area contributed by atoms with Crippen LogP contribution in [0.1, 0.15) is 58.3 Å². The second kappa shape index (κ2) is 7.91. The van der Waals surface area contributed by atoms with Crippen LogP contribution in [0.15, 0.2) is 48.8 Å². The number of rotatable bonds is 5. The van der Waals surface area contributed by atoms with E-state index in [0.717, 1.165) is 28.1 Å². The van der Waals surface area contributed by atoms with Gasteiger partial charge in [0.05, 0.1) is 17.7 Å². The van der Waals surface area contributed by atoms with E-state index in [-0.39, 0.29) is 17.7 Å². The van der Waals surface area contributed by atoms with Crippen LogP contribution in [0.25, 0.3) is 0 Å². The van der Waals surface area contributed by atoms with Crippen molar-refractivity contribution in [2.24, 2.45) is 0 Å². The highest BCUT2D eigenvalue weighted by Gasteiger charge is 2.47. The molecule has 2 N–H and O–H groups in total. The number of fused-ring (bicyclic) bond motifs is 1. The maximum atomic E-state index is 12.8. The molecule has 1 aliphatic rings. The second-order valence-corrected chi connectivity index (χ2v) is 8.21. The molecule has 7 heteroatoms. The fourth-order valence-corrected chi connectivity index (χ4v) is 4.12. The molecule has 0 fully saturated rings. The predicted octanol–water partition coefficient (Wildman–Crippen LogP) is 3.43. The summed E-state index contributed by atoms with van der Waals surface area (Å²) in [6, 6.07) is 11.2. The highest BCUT2D eigenvalue weighted by Crippen LogP contribution is 2.45. The standard InChI is InChI=1S/C24H25N5O2/c1-14-10-15(2)28-18(11-14)13-27-22(30)20-8-7-17(12-26-20)16(3)24(4)19-6-5-9-25-21(19)29-23(24)31/h5-12,16H,13H2,1-4H3,(H,27,30)(H,25,29,31)/t16?,24-/m1/s1. The third-order valence-electron chi connectivity index (χ3n) is 6.04. The van der Waals surface area contributed by atoms with Gasteiger partial charge in [0, 0.05) is 29.6 Å². The quantitative estimate of drug-likeness (QED) is 0.665. The Morgan fingerprint density at radius 3 is 2.71 bits per heavy atom. The summed E-state index contributed by atoms with van der Waals surface area (Å²) >= 11 is 0. The van der Waals surface area contributed by atoms with Gasteiger partial charge < -0.3 is 10.6 Å². The van der Waals surface area contributed by atoms with Gasteiger partial charge in [-0.2, -0.15) is 0 Å². The van der Waals surface area contributed by atoms with Gasteiger partial charge in [-0.1, -0.05) is 19.1 Å². The smallest absolute Gasteiger partial charge is 0.270 e. The lowest BCUT2D eigenvalue weighted by Gasteiger charge is -2.29. The first-order valence-electron chi connectivity index (χ1n) is 10.2. The van der Waals surface area contributed by atoms with Crippen LogP contribution >= 0.6 is 0 Å². The number of nitrogens with one attached hydrogen (secondary N) is 2. The van der Waals surface area contributed by atoms with Gasteiger partial charge in [0.15, 0.2) is 0 Å². The average Bonchev–Trinajstić information content (AvgIpc) is 3.02. The van der Waals surface area contributed by atoms with Crippen LogP contribution in [0.2, 0.25) is 0 Å². The Balaban J connectivity index is 1.49. The molecule has 4 rings (SSSR count). The van der Waals surface area contributed by atoms with E-state index in [1.54, 1.807) is 18.5 Å². The summed E-state index contributed by atoms with van der Waals surface area (Å²) in [6.45, 7) is 8.17. The highest BCUT2D eigenvalue weighted by molar-refractivity contribution is 6.05. The zero-order valence-corrected chi connectivity index (χ0v) is 18.1. The lowest BCUT2D eigenvalue weighted by molar-refractivity contribution is -0.120. The van der Waals surface area contributed by atoms with Gasteiger partial charge in [0.25, 0.3) is 5.91 Å². The highest BCUT2D eigenvalue weighted by atomic mass is 16.2. The van der Waals surface area contributed by atoms with Crippen molar-refractivity contribution >= 4 is 17.6 Å². The van der Waals surface area contributed by atoms with Crippen LogP contribution in [0.5, 0.6) is 0 Å². The largest absolute Gasteiger partial charge is 0.345 e. The average molecular weight is 415 g/mol. The molecule has 0 saturated heterocycles. The molecule has 0 saturated carbocycles. The van der Waals surface area contributed by atoms with Crippen LogP contribution in [-0.2, 0) is 16.8 Å². The molecular formula is C24H25N5O2. The minimum Gasteiger partial charge on any atom is -0.345 e. The SMILES string of the molecule is Cc1cc(C)nc(CNC(=O)c2ccc(C(C)[C@@]3(C)C(=O)Nc4ncccc43)cn2)c1. The fraction of sp³-hybridized carbons (Fsp3) is 0.292. The van der Waals surface area contributed by atoms with E-state index >= 15 is 0 Å². The van der Waals surface area contributed by atoms with E-state index in [2.05, 4.69) is 25.6 Å². The minimum absolute atomic E-state index is 0.0866. The number of hydrogen-bond donors (Lipinski definition) is 2.